The molecule has 2 aromatic rings. The zero-order valence-electron chi connectivity index (χ0n) is 14.7. The Morgan fingerprint density at radius 1 is 1.33 bits per heavy atom. The zero-order valence-corrected chi connectivity index (χ0v) is 16.2. The molecule has 1 aromatic carbocycles. The van der Waals surface area contributed by atoms with Crippen LogP contribution in [0.25, 0.3) is 0 Å². The van der Waals surface area contributed by atoms with E-state index in [9.17, 15) is 10.1 Å². The first-order valence-corrected chi connectivity index (χ1v) is 9.06. The Morgan fingerprint density at radius 3 is 2.78 bits per heavy atom. The number of aromatic nitrogens is 2. The first kappa shape index (κ1) is 21.4. The smallest absolute Gasteiger partial charge is 0.297 e. The van der Waals surface area contributed by atoms with Crippen LogP contribution in [0.4, 0.5) is 0 Å². The molecule has 10 heteroatoms. The molecule has 0 N–H and O–H groups in total. The fourth-order valence-corrected chi connectivity index (χ4v) is 2.85. The largest absolute Gasteiger partial charge is 0.379 e. The van der Waals surface area contributed by atoms with Gasteiger partial charge in [-0.15, -0.1) is 10.1 Å². The number of hydrogen-bond donors (Lipinski definition) is 0. The van der Waals surface area contributed by atoms with Crippen LogP contribution in [-0.2, 0) is 20.1 Å². The third kappa shape index (κ3) is 6.35. The van der Waals surface area contributed by atoms with Crippen LogP contribution in [0, 0.1) is 16.7 Å². The van der Waals surface area contributed by atoms with Gasteiger partial charge in [-0.2, -0.15) is 0 Å². The molecular formula is C17H20Cl2N3O5. The van der Waals surface area contributed by atoms with Crippen molar-refractivity contribution in [2.24, 2.45) is 0 Å². The Balaban J connectivity index is 2.29. The first-order chi connectivity index (χ1) is 13.0. The van der Waals surface area contributed by atoms with Crippen molar-refractivity contribution in [1.29, 1.82) is 0 Å². The highest BCUT2D eigenvalue weighted by molar-refractivity contribution is 6.35. The molecule has 0 fully saturated rings. The van der Waals surface area contributed by atoms with Crippen molar-refractivity contribution in [3.8, 4) is 0 Å². The van der Waals surface area contributed by atoms with E-state index >= 15 is 0 Å². The fraction of sp³-hybridized carbons (Fsp3) is 0.412. The van der Waals surface area contributed by atoms with Gasteiger partial charge in [0, 0.05) is 29.6 Å². The summed E-state index contributed by atoms with van der Waals surface area (Å²) < 4.78 is 12.7. The molecule has 8 nitrogen and oxygen atoms in total. The highest BCUT2D eigenvalue weighted by atomic mass is 35.5. The number of nitrogens with zero attached hydrogens (tertiary/aromatic N) is 3. The second-order valence-electron chi connectivity index (χ2n) is 5.56. The lowest BCUT2D eigenvalue weighted by Crippen LogP contribution is -2.39. The van der Waals surface area contributed by atoms with Gasteiger partial charge in [-0.05, 0) is 18.6 Å². The monoisotopic (exact) mass is 416 g/mol. The Bertz CT molecular complexity index is 729. The molecule has 0 saturated heterocycles. The molecule has 0 spiro atoms. The van der Waals surface area contributed by atoms with Crippen molar-refractivity contribution >= 4 is 23.2 Å². The molecule has 1 heterocycles. The summed E-state index contributed by atoms with van der Waals surface area (Å²) in [5, 5.41) is 10.8. The van der Waals surface area contributed by atoms with Crippen LogP contribution in [0.15, 0.2) is 36.9 Å². The number of unbranched alkanes of at least 4 members (excludes halogenated alkanes) is 1. The molecule has 1 atom stereocenters. The number of imidazole rings is 1. The van der Waals surface area contributed by atoms with Gasteiger partial charge in [0.2, 0.25) is 0 Å². The van der Waals surface area contributed by atoms with Crippen molar-refractivity contribution in [3.63, 3.8) is 0 Å². The van der Waals surface area contributed by atoms with Crippen LogP contribution in [0.3, 0.4) is 0 Å². The molecule has 147 valence electrons. The van der Waals surface area contributed by atoms with E-state index in [-0.39, 0.29) is 23.8 Å². The molecule has 0 amide bonds. The summed E-state index contributed by atoms with van der Waals surface area (Å²) in [6, 6.07) is 4.52. The van der Waals surface area contributed by atoms with Gasteiger partial charge >= 0.3 is 0 Å². The van der Waals surface area contributed by atoms with E-state index in [0.717, 1.165) is 12.8 Å². The van der Waals surface area contributed by atoms with Crippen LogP contribution in [0.1, 0.15) is 25.3 Å². The summed E-state index contributed by atoms with van der Waals surface area (Å²) in [5.74, 6) is -1.90. The first-order valence-electron chi connectivity index (χ1n) is 8.31. The lowest BCUT2D eigenvalue weighted by atomic mass is 10.1. The molecule has 1 aromatic heterocycles. The fourth-order valence-electron chi connectivity index (χ4n) is 2.31. The maximum Gasteiger partial charge on any atom is 0.297 e. The van der Waals surface area contributed by atoms with Crippen molar-refractivity contribution in [2.45, 2.75) is 25.6 Å². The van der Waals surface area contributed by atoms with E-state index in [1.54, 1.807) is 12.3 Å². The standard InChI is InChI=1S/C17H20Cl2N3O5/c1-2-3-8-25-9-10-26-17(27-22(23)24,12-21-7-6-20-13-21)15-5-4-14(18)11-16(15)19/h4-7,11-13H,2-3,8-10H2,1H3. The summed E-state index contributed by atoms with van der Waals surface area (Å²) in [6.07, 6.45) is 6.47. The van der Waals surface area contributed by atoms with Crippen LogP contribution >= 0.6 is 23.2 Å². The van der Waals surface area contributed by atoms with Crippen molar-refractivity contribution in [1.82, 2.24) is 9.55 Å². The number of halogens is 2. The van der Waals surface area contributed by atoms with Crippen LogP contribution in [0.2, 0.25) is 10.0 Å². The summed E-state index contributed by atoms with van der Waals surface area (Å²) in [5.41, 5.74) is 0.229. The van der Waals surface area contributed by atoms with E-state index in [1.807, 2.05) is 0 Å². The summed E-state index contributed by atoms with van der Waals surface area (Å²) in [6.45, 7) is 4.28. The number of benzene rings is 1. The molecular weight excluding hydrogens is 397 g/mol. The van der Waals surface area contributed by atoms with Gasteiger partial charge in [-0.25, -0.2) is 4.98 Å². The van der Waals surface area contributed by atoms with E-state index in [2.05, 4.69) is 11.9 Å². The predicted molar refractivity (Wildman–Crippen MR) is 99.8 cm³/mol. The average Bonchev–Trinajstić information content (AvgIpc) is 3.10. The minimum Gasteiger partial charge on any atom is -0.379 e. The average molecular weight is 417 g/mol. The SMILES string of the molecule is CCCCOCCOC([CH]n1ccnc1)(O[N+](=O)[O-])c1ccc(Cl)cc1Cl. The van der Waals surface area contributed by atoms with Gasteiger partial charge in [0.15, 0.2) is 0 Å². The van der Waals surface area contributed by atoms with Crippen LogP contribution < -0.4 is 0 Å². The molecule has 27 heavy (non-hydrogen) atoms. The van der Waals surface area contributed by atoms with Gasteiger partial charge in [0.05, 0.1) is 24.6 Å². The van der Waals surface area contributed by atoms with Crippen LogP contribution in [-0.4, -0.2) is 34.5 Å². The molecule has 1 unspecified atom stereocenters. The molecule has 2 rings (SSSR count). The third-order valence-electron chi connectivity index (χ3n) is 3.55. The summed E-state index contributed by atoms with van der Waals surface area (Å²) in [4.78, 5) is 20.1. The van der Waals surface area contributed by atoms with E-state index in [4.69, 9.17) is 37.5 Å². The zero-order chi connectivity index (χ0) is 19.7. The van der Waals surface area contributed by atoms with E-state index in [1.165, 1.54) is 35.8 Å². The molecule has 0 aliphatic heterocycles. The van der Waals surface area contributed by atoms with Crippen molar-refractivity contribution < 1.29 is 19.4 Å². The Kier molecular flexibility index (Phi) is 8.30. The highest BCUT2D eigenvalue weighted by Gasteiger charge is 2.41. The molecule has 0 aliphatic rings. The Labute approximate surface area is 167 Å². The third-order valence-corrected chi connectivity index (χ3v) is 4.09. The predicted octanol–water partition coefficient (Wildman–Crippen LogP) is 4.09. The lowest BCUT2D eigenvalue weighted by Gasteiger charge is -2.32. The van der Waals surface area contributed by atoms with Crippen molar-refractivity contribution in [3.05, 3.63) is 69.2 Å². The molecule has 1 radical (unpaired) electrons. The maximum atomic E-state index is 11.2. The second-order valence-corrected chi connectivity index (χ2v) is 6.40. The quantitative estimate of drug-likeness (QED) is 0.224. The normalized spacial score (nSPS) is 13.3. The number of rotatable bonds is 12. The second kappa shape index (κ2) is 10.5. The minimum absolute atomic E-state index is 0.0434. The Hall–Kier alpha value is -1.87. The van der Waals surface area contributed by atoms with Gasteiger partial charge < -0.3 is 14.0 Å². The number of ether oxygens (including phenoxy) is 2. The van der Waals surface area contributed by atoms with Crippen LogP contribution in [0.5, 0.6) is 0 Å². The highest BCUT2D eigenvalue weighted by Crippen LogP contribution is 2.37. The molecule has 0 aliphatic carbocycles. The topological polar surface area (TPSA) is 88.7 Å². The van der Waals surface area contributed by atoms with Gasteiger partial charge in [0.1, 0.15) is 6.54 Å². The molecule has 0 saturated carbocycles. The van der Waals surface area contributed by atoms with Gasteiger partial charge in [0.25, 0.3) is 10.9 Å². The summed E-state index contributed by atoms with van der Waals surface area (Å²) in [7, 11) is 0. The van der Waals surface area contributed by atoms with Gasteiger partial charge in [-0.1, -0.05) is 42.6 Å². The minimum atomic E-state index is -1.90. The lowest BCUT2D eigenvalue weighted by molar-refractivity contribution is -0.798. The van der Waals surface area contributed by atoms with E-state index in [0.29, 0.717) is 11.6 Å². The number of hydrogen-bond acceptors (Lipinski definition) is 6. The van der Waals surface area contributed by atoms with E-state index < -0.39 is 10.9 Å². The molecule has 0 bridgehead atoms. The Morgan fingerprint density at radius 2 is 2.15 bits per heavy atom. The van der Waals surface area contributed by atoms with Gasteiger partial charge in [-0.3, -0.25) is 4.84 Å². The van der Waals surface area contributed by atoms with Crippen molar-refractivity contribution in [2.75, 3.05) is 19.8 Å². The summed E-state index contributed by atoms with van der Waals surface area (Å²) >= 11 is 12.2. The maximum absolute atomic E-state index is 11.2.